The molecule has 2 aromatic rings. The average molecular weight is 244 g/mol. The third-order valence-corrected chi connectivity index (χ3v) is 3.22. The van der Waals surface area contributed by atoms with Gasteiger partial charge in [-0.15, -0.1) is 0 Å². The Morgan fingerprint density at radius 2 is 2.00 bits per heavy atom. The monoisotopic (exact) mass is 244 g/mol. The summed E-state index contributed by atoms with van der Waals surface area (Å²) in [5, 5.41) is 0. The van der Waals surface area contributed by atoms with Crippen molar-refractivity contribution in [3.8, 4) is 0 Å². The van der Waals surface area contributed by atoms with E-state index in [1.54, 1.807) is 0 Å². The summed E-state index contributed by atoms with van der Waals surface area (Å²) in [6.07, 6.45) is 2.40. The van der Waals surface area contributed by atoms with Crippen LogP contribution >= 0.6 is 0 Å². The zero-order valence-corrected chi connectivity index (χ0v) is 11.7. The minimum absolute atomic E-state index is 0.00341. The maximum atomic E-state index is 11.9. The molecule has 0 amide bonds. The maximum Gasteiger partial charge on any atom is 0.166 e. The van der Waals surface area contributed by atoms with Gasteiger partial charge in [-0.2, -0.15) is 0 Å². The van der Waals surface area contributed by atoms with E-state index >= 15 is 0 Å². The summed E-state index contributed by atoms with van der Waals surface area (Å²) in [7, 11) is 1.95. The third kappa shape index (κ3) is 2.05. The number of fused-ring (bicyclic) bond motifs is 1. The van der Waals surface area contributed by atoms with E-state index in [0.29, 0.717) is 6.42 Å². The van der Waals surface area contributed by atoms with Crippen molar-refractivity contribution in [1.29, 1.82) is 0 Å². The average Bonchev–Trinajstić information content (AvgIpc) is 2.64. The van der Waals surface area contributed by atoms with E-state index < -0.39 is 0 Å². The maximum absolute atomic E-state index is 11.9. The molecule has 0 aliphatic rings. The molecule has 0 fully saturated rings. The molecule has 2 rings (SSSR count). The lowest BCUT2D eigenvalue weighted by Crippen LogP contribution is -2.13. The lowest BCUT2D eigenvalue weighted by atomic mass is 9.91. The Morgan fingerprint density at radius 1 is 1.33 bits per heavy atom. The molecular formula is C15H20N2O. The first kappa shape index (κ1) is 12.8. The Kier molecular flexibility index (Phi) is 3.01. The fraction of sp³-hybridized carbons (Fsp3) is 0.467. The number of hydrogen-bond donors (Lipinski definition) is 0. The fourth-order valence-corrected chi connectivity index (χ4v) is 2.07. The van der Waals surface area contributed by atoms with E-state index in [9.17, 15) is 4.79 Å². The van der Waals surface area contributed by atoms with Crippen molar-refractivity contribution in [2.45, 2.75) is 39.5 Å². The summed E-state index contributed by atoms with van der Waals surface area (Å²) in [4.78, 5) is 16.6. The molecule has 2 aromatic heterocycles. The Labute approximate surface area is 108 Å². The summed E-state index contributed by atoms with van der Waals surface area (Å²) in [5.74, 6) is 0.152. The molecule has 0 spiro atoms. The van der Waals surface area contributed by atoms with Crippen molar-refractivity contribution in [2.24, 2.45) is 7.05 Å². The highest BCUT2D eigenvalue weighted by atomic mass is 16.1. The van der Waals surface area contributed by atoms with Crippen LogP contribution in [0.5, 0.6) is 0 Å². The van der Waals surface area contributed by atoms with Crippen molar-refractivity contribution < 1.29 is 4.79 Å². The summed E-state index contributed by atoms with van der Waals surface area (Å²) in [6.45, 7) is 8.27. The van der Waals surface area contributed by atoms with Crippen LogP contribution < -0.4 is 0 Å². The summed E-state index contributed by atoms with van der Waals surface area (Å²) in [5.41, 5.74) is 3.60. The second-order valence-electron chi connectivity index (χ2n) is 5.74. The largest absolute Gasteiger partial charge is 0.348 e. The van der Waals surface area contributed by atoms with Crippen LogP contribution in [0.3, 0.4) is 0 Å². The van der Waals surface area contributed by atoms with Crippen molar-refractivity contribution in [2.75, 3.05) is 0 Å². The van der Waals surface area contributed by atoms with Gasteiger partial charge in [0.1, 0.15) is 0 Å². The van der Waals surface area contributed by atoms with Crippen LogP contribution in [0.4, 0.5) is 0 Å². The van der Waals surface area contributed by atoms with E-state index in [2.05, 4.69) is 26.8 Å². The van der Waals surface area contributed by atoms with E-state index in [1.165, 1.54) is 0 Å². The molecule has 0 unspecified atom stereocenters. The predicted molar refractivity (Wildman–Crippen MR) is 74.0 cm³/mol. The van der Waals surface area contributed by atoms with Gasteiger partial charge in [0.2, 0.25) is 0 Å². The van der Waals surface area contributed by atoms with Gasteiger partial charge in [0.25, 0.3) is 0 Å². The Morgan fingerprint density at radius 3 is 2.56 bits per heavy atom. The summed E-state index contributed by atoms with van der Waals surface area (Å²) >= 11 is 0. The highest BCUT2D eigenvalue weighted by Crippen LogP contribution is 2.26. The zero-order chi connectivity index (χ0) is 13.5. The van der Waals surface area contributed by atoms with E-state index in [0.717, 1.165) is 22.3 Å². The highest BCUT2D eigenvalue weighted by molar-refractivity contribution is 6.06. The molecule has 0 saturated heterocycles. The van der Waals surface area contributed by atoms with Crippen LogP contribution in [0.25, 0.3) is 11.0 Å². The van der Waals surface area contributed by atoms with E-state index in [1.807, 2.05) is 30.8 Å². The number of ketones is 1. The van der Waals surface area contributed by atoms with E-state index in [4.69, 9.17) is 4.98 Å². The number of pyridine rings is 1. The number of nitrogens with zero attached hydrogens (tertiary/aromatic N) is 2. The SMILES string of the molecule is CCC(=O)c1cn(C)c2ccc(C(C)(C)C)nc12. The van der Waals surface area contributed by atoms with Crippen molar-refractivity contribution >= 4 is 16.8 Å². The van der Waals surface area contributed by atoms with Gasteiger partial charge in [-0.3, -0.25) is 4.79 Å². The van der Waals surface area contributed by atoms with Gasteiger partial charge in [-0.05, 0) is 12.1 Å². The molecule has 18 heavy (non-hydrogen) atoms. The number of hydrogen-bond acceptors (Lipinski definition) is 2. The molecule has 96 valence electrons. The van der Waals surface area contributed by atoms with Gasteiger partial charge in [0.15, 0.2) is 5.78 Å². The van der Waals surface area contributed by atoms with Crippen LogP contribution in [0.2, 0.25) is 0 Å². The summed E-state index contributed by atoms with van der Waals surface area (Å²) in [6, 6.07) is 4.10. The first-order chi connectivity index (χ1) is 8.34. The Balaban J connectivity index is 2.70. The minimum atomic E-state index is -0.00341. The minimum Gasteiger partial charge on any atom is -0.348 e. The quantitative estimate of drug-likeness (QED) is 0.758. The highest BCUT2D eigenvalue weighted by Gasteiger charge is 2.19. The molecule has 2 heterocycles. The topological polar surface area (TPSA) is 34.9 Å². The van der Waals surface area contributed by atoms with Gasteiger partial charge >= 0.3 is 0 Å². The number of Topliss-reactive ketones (excluding diaryl/α,β-unsaturated/α-hetero) is 1. The Bertz CT molecular complexity index is 603. The van der Waals surface area contributed by atoms with Gasteiger partial charge in [0, 0.05) is 30.8 Å². The molecule has 0 aromatic carbocycles. The second kappa shape index (κ2) is 4.23. The van der Waals surface area contributed by atoms with Crippen LogP contribution in [0.1, 0.15) is 50.2 Å². The molecule has 0 atom stereocenters. The first-order valence-electron chi connectivity index (χ1n) is 6.34. The Hall–Kier alpha value is -1.64. The predicted octanol–water partition coefficient (Wildman–Crippen LogP) is 3.46. The van der Waals surface area contributed by atoms with Crippen molar-refractivity contribution in [1.82, 2.24) is 9.55 Å². The molecule has 3 nitrogen and oxygen atoms in total. The molecule has 0 radical (unpaired) electrons. The second-order valence-corrected chi connectivity index (χ2v) is 5.74. The number of aromatic nitrogens is 2. The molecule has 0 aliphatic carbocycles. The summed E-state index contributed by atoms with van der Waals surface area (Å²) < 4.78 is 1.97. The van der Waals surface area contributed by atoms with Crippen LogP contribution in [0, 0.1) is 0 Å². The zero-order valence-electron chi connectivity index (χ0n) is 11.7. The first-order valence-corrected chi connectivity index (χ1v) is 6.34. The van der Waals surface area contributed by atoms with Crippen LogP contribution in [-0.4, -0.2) is 15.3 Å². The van der Waals surface area contributed by atoms with Crippen LogP contribution in [-0.2, 0) is 12.5 Å². The smallest absolute Gasteiger partial charge is 0.166 e. The molecular weight excluding hydrogens is 224 g/mol. The third-order valence-electron chi connectivity index (χ3n) is 3.22. The van der Waals surface area contributed by atoms with Crippen LogP contribution in [0.15, 0.2) is 18.3 Å². The number of aryl methyl sites for hydroxylation is 1. The van der Waals surface area contributed by atoms with Crippen molar-refractivity contribution in [3.63, 3.8) is 0 Å². The number of carbonyl (C=O) groups excluding carboxylic acids is 1. The van der Waals surface area contributed by atoms with Gasteiger partial charge in [-0.25, -0.2) is 4.98 Å². The number of rotatable bonds is 2. The molecule has 0 aliphatic heterocycles. The molecule has 0 N–H and O–H groups in total. The fourth-order valence-electron chi connectivity index (χ4n) is 2.07. The molecule has 0 bridgehead atoms. The molecule has 3 heteroatoms. The van der Waals surface area contributed by atoms with Gasteiger partial charge < -0.3 is 4.57 Å². The lowest BCUT2D eigenvalue weighted by Gasteiger charge is -2.17. The van der Waals surface area contributed by atoms with Crippen molar-refractivity contribution in [3.05, 3.63) is 29.6 Å². The van der Waals surface area contributed by atoms with Gasteiger partial charge in [0.05, 0.1) is 16.6 Å². The molecule has 0 saturated carbocycles. The van der Waals surface area contributed by atoms with Gasteiger partial charge in [-0.1, -0.05) is 27.7 Å². The standard InChI is InChI=1S/C15H20N2O/c1-6-12(18)10-9-17(5)11-7-8-13(15(2,3)4)16-14(10)11/h7-9H,6H2,1-5H3. The normalized spacial score (nSPS) is 12.1. The lowest BCUT2D eigenvalue weighted by molar-refractivity contribution is 0.0989. The van der Waals surface area contributed by atoms with E-state index in [-0.39, 0.29) is 11.2 Å². The number of carbonyl (C=O) groups is 1.